The standard InChI is InChI=1S/C26H28ClN3O7S2/c1-17-6-4-5-7-19(17)15-39(34,35)26-28-13-21(27)24(29-26)25(31)30(20-10-11-38(32,33)16-20)14-18-8-9-22(36-2)23(12-18)37-3/h4-9,12-13,20H,10-11,14-16H2,1-3H3. The zero-order valence-electron chi connectivity index (χ0n) is 21.6. The van der Waals surface area contributed by atoms with Gasteiger partial charge < -0.3 is 14.4 Å². The number of hydrogen-bond donors (Lipinski definition) is 0. The molecule has 4 rings (SSSR count). The van der Waals surface area contributed by atoms with Crippen molar-refractivity contribution in [3.63, 3.8) is 0 Å². The number of sulfone groups is 2. The molecule has 0 radical (unpaired) electrons. The van der Waals surface area contributed by atoms with Crippen LogP contribution in [-0.2, 0) is 32.0 Å². The van der Waals surface area contributed by atoms with Gasteiger partial charge in [-0.05, 0) is 42.2 Å². The third kappa shape index (κ3) is 6.51. The van der Waals surface area contributed by atoms with Gasteiger partial charge >= 0.3 is 0 Å². The molecule has 2 aromatic carbocycles. The lowest BCUT2D eigenvalue weighted by Gasteiger charge is -2.28. The van der Waals surface area contributed by atoms with Crippen molar-refractivity contribution in [3.05, 3.63) is 76.1 Å². The Morgan fingerprint density at radius 2 is 1.85 bits per heavy atom. The van der Waals surface area contributed by atoms with Crippen LogP contribution in [0, 0.1) is 6.92 Å². The molecule has 10 nitrogen and oxygen atoms in total. The fourth-order valence-electron chi connectivity index (χ4n) is 4.39. The van der Waals surface area contributed by atoms with Crippen LogP contribution in [0.5, 0.6) is 11.5 Å². The SMILES string of the molecule is COc1ccc(CN(C(=O)c2nc(S(=O)(=O)Cc3ccccc3C)ncc2Cl)C2CCS(=O)(=O)C2)cc1OC. The van der Waals surface area contributed by atoms with Crippen LogP contribution in [0.3, 0.4) is 0 Å². The van der Waals surface area contributed by atoms with Gasteiger partial charge in [-0.15, -0.1) is 0 Å². The van der Waals surface area contributed by atoms with Gasteiger partial charge in [-0.3, -0.25) is 4.79 Å². The van der Waals surface area contributed by atoms with E-state index in [0.29, 0.717) is 22.6 Å². The van der Waals surface area contributed by atoms with E-state index in [1.54, 1.807) is 49.4 Å². The van der Waals surface area contributed by atoms with Crippen molar-refractivity contribution >= 4 is 37.2 Å². The summed E-state index contributed by atoms with van der Waals surface area (Å²) in [6.07, 6.45) is 1.30. The maximum Gasteiger partial charge on any atom is 0.274 e. The summed E-state index contributed by atoms with van der Waals surface area (Å²) in [5, 5.41) is -0.684. The molecule has 1 unspecified atom stereocenters. The molecule has 0 N–H and O–H groups in total. The largest absolute Gasteiger partial charge is 0.493 e. The summed E-state index contributed by atoms with van der Waals surface area (Å²) in [7, 11) is -4.40. The molecule has 0 saturated carbocycles. The summed E-state index contributed by atoms with van der Waals surface area (Å²) in [4.78, 5) is 23.2. The smallest absolute Gasteiger partial charge is 0.274 e. The second kappa shape index (κ2) is 11.5. The lowest BCUT2D eigenvalue weighted by Crippen LogP contribution is -2.41. The Morgan fingerprint density at radius 3 is 2.49 bits per heavy atom. The van der Waals surface area contributed by atoms with E-state index in [1.807, 2.05) is 0 Å². The van der Waals surface area contributed by atoms with E-state index < -0.39 is 36.8 Å². The Kier molecular flexibility index (Phi) is 8.48. The van der Waals surface area contributed by atoms with Crippen molar-refractivity contribution in [2.24, 2.45) is 0 Å². The number of rotatable bonds is 9. The quantitative estimate of drug-likeness (QED) is 0.343. The highest BCUT2D eigenvalue weighted by atomic mass is 35.5. The minimum Gasteiger partial charge on any atom is -0.493 e. The molecule has 39 heavy (non-hydrogen) atoms. The molecule has 208 valence electrons. The number of carbonyl (C=O) groups is 1. The molecule has 0 spiro atoms. The van der Waals surface area contributed by atoms with Crippen molar-refractivity contribution in [1.29, 1.82) is 0 Å². The average molecular weight is 594 g/mol. The fraction of sp³-hybridized carbons (Fsp3) is 0.346. The number of nitrogens with zero attached hydrogens (tertiary/aromatic N) is 3. The van der Waals surface area contributed by atoms with Gasteiger partial charge in [-0.25, -0.2) is 26.8 Å². The number of halogens is 1. The monoisotopic (exact) mass is 593 g/mol. The highest BCUT2D eigenvalue weighted by Gasteiger charge is 2.37. The van der Waals surface area contributed by atoms with Crippen LogP contribution in [0.15, 0.2) is 53.8 Å². The van der Waals surface area contributed by atoms with E-state index in [4.69, 9.17) is 21.1 Å². The van der Waals surface area contributed by atoms with Crippen LogP contribution in [0.2, 0.25) is 5.02 Å². The summed E-state index contributed by atoms with van der Waals surface area (Å²) >= 11 is 6.30. The molecule has 1 saturated heterocycles. The molecule has 0 aliphatic carbocycles. The van der Waals surface area contributed by atoms with Crippen LogP contribution in [0.4, 0.5) is 0 Å². The van der Waals surface area contributed by atoms with Crippen LogP contribution in [0.1, 0.15) is 33.6 Å². The first-order valence-electron chi connectivity index (χ1n) is 12.0. The third-order valence-electron chi connectivity index (χ3n) is 6.52. The Hall–Kier alpha value is -3.22. The first-order valence-corrected chi connectivity index (χ1v) is 15.8. The predicted octanol–water partition coefficient (Wildman–Crippen LogP) is 3.26. The topological polar surface area (TPSA) is 133 Å². The second-order valence-electron chi connectivity index (χ2n) is 9.21. The number of ether oxygens (including phenoxy) is 2. The summed E-state index contributed by atoms with van der Waals surface area (Å²) in [6, 6.07) is 11.5. The van der Waals surface area contributed by atoms with Crippen molar-refractivity contribution in [1.82, 2.24) is 14.9 Å². The maximum absolute atomic E-state index is 13.8. The molecule has 0 bridgehead atoms. The molecule has 1 aliphatic heterocycles. The molecule has 1 amide bonds. The molecule has 13 heteroatoms. The van der Waals surface area contributed by atoms with E-state index in [0.717, 1.165) is 11.8 Å². The van der Waals surface area contributed by atoms with Gasteiger partial charge in [0, 0.05) is 12.6 Å². The molecule has 1 fully saturated rings. The van der Waals surface area contributed by atoms with Crippen molar-refractivity contribution in [3.8, 4) is 11.5 Å². The van der Waals surface area contributed by atoms with Crippen molar-refractivity contribution < 1.29 is 31.1 Å². The lowest BCUT2D eigenvalue weighted by molar-refractivity contribution is 0.0673. The van der Waals surface area contributed by atoms with Crippen LogP contribution < -0.4 is 9.47 Å². The van der Waals surface area contributed by atoms with E-state index in [-0.39, 0.29) is 40.9 Å². The van der Waals surface area contributed by atoms with Gasteiger partial charge in [0.15, 0.2) is 27.0 Å². The number of benzene rings is 2. The van der Waals surface area contributed by atoms with Crippen molar-refractivity contribution in [2.45, 2.75) is 36.8 Å². The van der Waals surface area contributed by atoms with E-state index in [9.17, 15) is 21.6 Å². The summed E-state index contributed by atoms with van der Waals surface area (Å²) in [6.45, 7) is 1.80. The number of carbonyl (C=O) groups excluding carboxylic acids is 1. The Labute approximate surface area is 232 Å². The first kappa shape index (κ1) is 28.8. The minimum absolute atomic E-state index is 0.00496. The van der Waals surface area contributed by atoms with Gasteiger partial charge in [0.25, 0.3) is 5.91 Å². The molecule has 1 aromatic heterocycles. The van der Waals surface area contributed by atoms with E-state index >= 15 is 0 Å². The van der Waals surface area contributed by atoms with Crippen LogP contribution >= 0.6 is 11.6 Å². The van der Waals surface area contributed by atoms with Crippen molar-refractivity contribution in [2.75, 3.05) is 25.7 Å². The number of hydrogen-bond acceptors (Lipinski definition) is 9. The Morgan fingerprint density at radius 1 is 1.13 bits per heavy atom. The molecule has 2 heterocycles. The highest BCUT2D eigenvalue weighted by Crippen LogP contribution is 2.30. The minimum atomic E-state index is -4.03. The van der Waals surface area contributed by atoms with Crippen LogP contribution in [-0.4, -0.2) is 69.4 Å². The molecular formula is C26H28ClN3O7S2. The highest BCUT2D eigenvalue weighted by molar-refractivity contribution is 7.91. The van der Waals surface area contributed by atoms with Crippen LogP contribution in [0.25, 0.3) is 0 Å². The number of aryl methyl sites for hydroxylation is 1. The molecule has 1 aliphatic rings. The molecule has 3 aromatic rings. The number of aromatic nitrogens is 2. The molecule has 1 atom stereocenters. The molecular weight excluding hydrogens is 566 g/mol. The fourth-order valence-corrected chi connectivity index (χ4v) is 7.60. The maximum atomic E-state index is 13.8. The average Bonchev–Trinajstić information content (AvgIpc) is 3.27. The lowest BCUT2D eigenvalue weighted by atomic mass is 10.1. The zero-order valence-corrected chi connectivity index (χ0v) is 24.0. The first-order chi connectivity index (χ1) is 18.4. The zero-order chi connectivity index (χ0) is 28.4. The Balaban J connectivity index is 1.71. The van der Waals surface area contributed by atoms with Gasteiger partial charge in [-0.1, -0.05) is 41.9 Å². The summed E-state index contributed by atoms with van der Waals surface area (Å²) < 4.78 is 61.6. The normalized spacial score (nSPS) is 16.6. The van der Waals surface area contributed by atoms with E-state index in [1.165, 1.54) is 19.1 Å². The van der Waals surface area contributed by atoms with Gasteiger partial charge in [0.2, 0.25) is 15.0 Å². The van der Waals surface area contributed by atoms with Gasteiger partial charge in [0.05, 0.1) is 42.7 Å². The van der Waals surface area contributed by atoms with Gasteiger partial charge in [0.1, 0.15) is 0 Å². The number of methoxy groups -OCH3 is 2. The second-order valence-corrected chi connectivity index (χ2v) is 13.7. The number of amides is 1. The summed E-state index contributed by atoms with van der Waals surface area (Å²) in [5.41, 5.74) is 1.69. The predicted molar refractivity (Wildman–Crippen MR) is 146 cm³/mol. The Bertz CT molecular complexity index is 1610. The van der Waals surface area contributed by atoms with E-state index in [2.05, 4.69) is 9.97 Å². The third-order valence-corrected chi connectivity index (χ3v) is 9.99. The van der Waals surface area contributed by atoms with Gasteiger partial charge in [-0.2, -0.15) is 0 Å². The summed E-state index contributed by atoms with van der Waals surface area (Å²) in [5.74, 6) is -0.429.